The number of hydrogen-bond donors (Lipinski definition) is 1. The van der Waals surface area contributed by atoms with Gasteiger partial charge in [0, 0.05) is 34.7 Å². The van der Waals surface area contributed by atoms with Crippen LogP contribution in [-0.4, -0.2) is 35.0 Å². The minimum absolute atomic E-state index is 0. The molecular weight excluding hydrogens is 259 g/mol. The minimum atomic E-state index is -0.462. The summed E-state index contributed by atoms with van der Waals surface area (Å²) in [4.78, 5) is 11.4. The quantitative estimate of drug-likeness (QED) is 0.518. The molecule has 1 aromatic rings. The molecule has 5 heteroatoms. The first-order chi connectivity index (χ1) is 6.75. The van der Waals surface area contributed by atoms with Gasteiger partial charge in [-0.25, -0.2) is 4.79 Å². The van der Waals surface area contributed by atoms with Crippen molar-refractivity contribution < 1.29 is 32.0 Å². The van der Waals surface area contributed by atoms with Crippen molar-refractivity contribution >= 4 is 23.3 Å². The van der Waals surface area contributed by atoms with Crippen LogP contribution < -0.4 is 0 Å². The molecule has 3 radical (unpaired) electrons. The van der Waals surface area contributed by atoms with E-state index in [1.165, 1.54) is 6.07 Å². The smallest absolute Gasteiger partial charge is 0.341 e. The van der Waals surface area contributed by atoms with Crippen LogP contribution in [0.4, 0.5) is 0 Å². The second-order valence-electron chi connectivity index (χ2n) is 3.01. The predicted octanol–water partition coefficient (Wildman–Crippen LogP) is 1.97. The molecule has 0 saturated carbocycles. The molecule has 0 aliphatic carbocycles. The summed E-state index contributed by atoms with van der Waals surface area (Å²) in [7, 11) is 0. The molecule has 85 valence electrons. The van der Waals surface area contributed by atoms with E-state index in [2.05, 4.69) is 0 Å². The number of carbonyl (C=O) groups is 1. The van der Waals surface area contributed by atoms with Gasteiger partial charge >= 0.3 is 5.97 Å². The van der Waals surface area contributed by atoms with E-state index in [1.54, 1.807) is 18.2 Å². The Bertz CT molecular complexity index is 318. The van der Waals surface area contributed by atoms with Crippen LogP contribution in [0.3, 0.4) is 0 Å². The maximum Gasteiger partial charge on any atom is 0.341 e. The number of benzene rings is 1. The molecule has 3 nitrogen and oxygen atoms in total. The van der Waals surface area contributed by atoms with Crippen molar-refractivity contribution in [2.45, 2.75) is 19.8 Å². The third kappa shape index (κ3) is 5.59. The number of aromatic hydroxyl groups is 1. The van der Waals surface area contributed by atoms with Crippen LogP contribution >= 0.6 is 0 Å². The Balaban J connectivity index is 0. The molecule has 16 heavy (non-hydrogen) atoms. The Hall–Kier alpha value is -0.445. The van der Waals surface area contributed by atoms with Gasteiger partial charge in [-0.2, -0.15) is 0 Å². The molecule has 0 amide bonds. The molecule has 0 saturated heterocycles. The molecule has 0 unspecified atom stereocenters. The minimum Gasteiger partial charge on any atom is -0.507 e. The van der Waals surface area contributed by atoms with E-state index in [0.717, 1.165) is 12.8 Å². The number of unbranched alkanes of at least 4 members (excludes halogenated alkanes) is 1. The molecule has 0 atom stereocenters. The van der Waals surface area contributed by atoms with Gasteiger partial charge in [0.05, 0.1) is 6.61 Å². The van der Waals surface area contributed by atoms with Crippen LogP contribution in [0.1, 0.15) is 30.1 Å². The van der Waals surface area contributed by atoms with Crippen molar-refractivity contribution in [2.24, 2.45) is 0 Å². The van der Waals surface area contributed by atoms with Crippen LogP contribution in [0, 0.1) is 0 Å². The first-order valence-electron chi connectivity index (χ1n) is 4.70. The molecule has 1 aromatic carbocycles. The number of phenols is 1. The fourth-order valence-electron chi connectivity index (χ4n) is 1.03. The summed E-state index contributed by atoms with van der Waals surface area (Å²) >= 11 is 0. The van der Waals surface area contributed by atoms with Crippen molar-refractivity contribution in [1.29, 1.82) is 0 Å². The Morgan fingerprint density at radius 1 is 1.38 bits per heavy atom. The van der Waals surface area contributed by atoms with Gasteiger partial charge in [-0.15, -0.1) is 0 Å². The summed E-state index contributed by atoms with van der Waals surface area (Å²) in [5, 5.41) is 9.34. The van der Waals surface area contributed by atoms with Crippen molar-refractivity contribution in [1.82, 2.24) is 0 Å². The first-order valence-corrected chi connectivity index (χ1v) is 4.70. The van der Waals surface area contributed by atoms with Crippen molar-refractivity contribution in [3.05, 3.63) is 29.8 Å². The summed E-state index contributed by atoms with van der Waals surface area (Å²) in [6, 6.07) is 6.37. The average Bonchev–Trinajstić information content (AvgIpc) is 2.18. The van der Waals surface area contributed by atoms with Crippen molar-refractivity contribution in [3.8, 4) is 5.75 Å². The van der Waals surface area contributed by atoms with Gasteiger partial charge in [0.2, 0.25) is 0 Å². The van der Waals surface area contributed by atoms with E-state index < -0.39 is 5.97 Å². The molecular formula is C11H14AlCrO3. The Morgan fingerprint density at radius 3 is 2.56 bits per heavy atom. The van der Waals surface area contributed by atoms with E-state index in [9.17, 15) is 9.90 Å². The number of ether oxygens (including phenoxy) is 1. The summed E-state index contributed by atoms with van der Waals surface area (Å²) < 4.78 is 4.95. The fraction of sp³-hybridized carbons (Fsp3) is 0.364. The van der Waals surface area contributed by atoms with E-state index in [0.29, 0.717) is 6.61 Å². The molecule has 1 rings (SSSR count). The summed E-state index contributed by atoms with van der Waals surface area (Å²) in [5.74, 6) is -0.495. The average molecular weight is 273 g/mol. The zero-order chi connectivity index (χ0) is 10.4. The van der Waals surface area contributed by atoms with E-state index in [4.69, 9.17) is 4.74 Å². The standard InChI is InChI=1S/C11H14O3.Al.Cr/c1-2-3-8-14-11(13)9-6-4-5-7-10(9)12;;/h4-7,12H,2-3,8H2,1H3;;. The summed E-state index contributed by atoms with van der Waals surface area (Å²) in [6.07, 6.45) is 1.83. The predicted molar refractivity (Wildman–Crippen MR) is 59.1 cm³/mol. The number of phenolic OH excluding ortho intramolecular Hbond substituents is 1. The van der Waals surface area contributed by atoms with Gasteiger partial charge in [-0.05, 0) is 18.6 Å². The van der Waals surface area contributed by atoms with E-state index in [1.807, 2.05) is 6.92 Å². The van der Waals surface area contributed by atoms with Gasteiger partial charge in [-0.3, -0.25) is 0 Å². The van der Waals surface area contributed by atoms with Gasteiger partial charge in [0.1, 0.15) is 11.3 Å². The molecule has 0 aromatic heterocycles. The number of hydrogen-bond acceptors (Lipinski definition) is 3. The Kier molecular flexibility index (Phi) is 10.9. The topological polar surface area (TPSA) is 46.5 Å². The van der Waals surface area contributed by atoms with Gasteiger partial charge in [0.15, 0.2) is 0 Å². The van der Waals surface area contributed by atoms with Gasteiger partial charge in [-0.1, -0.05) is 25.5 Å². The third-order valence-electron chi connectivity index (χ3n) is 1.86. The maximum absolute atomic E-state index is 11.4. The SMILES string of the molecule is CCCCOC(=O)c1ccccc1O.[Al].[Cr]. The molecule has 0 fully saturated rings. The van der Waals surface area contributed by atoms with Crippen LogP contribution in [0.5, 0.6) is 5.75 Å². The molecule has 0 aliphatic rings. The Morgan fingerprint density at radius 2 is 2.00 bits per heavy atom. The maximum atomic E-state index is 11.4. The normalized spacial score (nSPS) is 8.56. The number of esters is 1. The summed E-state index contributed by atoms with van der Waals surface area (Å²) in [6.45, 7) is 2.43. The second kappa shape index (κ2) is 9.76. The van der Waals surface area contributed by atoms with Crippen LogP contribution in [0.25, 0.3) is 0 Å². The molecule has 0 spiro atoms. The second-order valence-corrected chi connectivity index (χ2v) is 3.01. The number of carbonyl (C=O) groups excluding carboxylic acids is 1. The van der Waals surface area contributed by atoms with Crippen molar-refractivity contribution in [2.75, 3.05) is 6.61 Å². The van der Waals surface area contributed by atoms with Gasteiger partial charge < -0.3 is 9.84 Å². The Labute approximate surface area is 117 Å². The van der Waals surface area contributed by atoms with Crippen molar-refractivity contribution in [3.63, 3.8) is 0 Å². The third-order valence-corrected chi connectivity index (χ3v) is 1.86. The van der Waals surface area contributed by atoms with Crippen LogP contribution in [-0.2, 0) is 22.1 Å². The van der Waals surface area contributed by atoms with Crippen LogP contribution in [0.2, 0.25) is 0 Å². The van der Waals surface area contributed by atoms with E-state index >= 15 is 0 Å². The molecule has 0 heterocycles. The first kappa shape index (κ1) is 17.9. The molecule has 0 bridgehead atoms. The van der Waals surface area contributed by atoms with Crippen LogP contribution in [0.15, 0.2) is 24.3 Å². The summed E-state index contributed by atoms with van der Waals surface area (Å²) in [5.41, 5.74) is 0.226. The van der Waals surface area contributed by atoms with Gasteiger partial charge in [0.25, 0.3) is 0 Å². The number of rotatable bonds is 4. The zero-order valence-electron chi connectivity index (χ0n) is 9.18. The number of para-hydroxylation sites is 1. The monoisotopic (exact) mass is 273 g/mol. The largest absolute Gasteiger partial charge is 0.507 e. The zero-order valence-corrected chi connectivity index (χ0v) is 11.6. The molecule has 0 aliphatic heterocycles. The molecule has 1 N–H and O–H groups in total. The fourth-order valence-corrected chi connectivity index (χ4v) is 1.03. The van der Waals surface area contributed by atoms with E-state index in [-0.39, 0.29) is 46.0 Å².